The zero-order chi connectivity index (χ0) is 13.5. The smallest absolute Gasteiger partial charge is 0.309 e. The lowest BCUT2D eigenvalue weighted by Gasteiger charge is -2.08. The molecular formula is C10H20O5S2. The highest BCUT2D eigenvalue weighted by Gasteiger charge is 2.17. The highest BCUT2D eigenvalue weighted by molar-refractivity contribution is 7.91. The van der Waals surface area contributed by atoms with E-state index < -0.39 is 26.6 Å². The average Bonchev–Trinajstić information content (AvgIpc) is 2.27. The van der Waals surface area contributed by atoms with Gasteiger partial charge in [-0.25, -0.2) is 8.42 Å². The zero-order valence-electron chi connectivity index (χ0n) is 10.5. The number of rotatable bonds is 8. The number of hydrogen-bond acceptors (Lipinski definition) is 5. The van der Waals surface area contributed by atoms with Gasteiger partial charge in [-0.1, -0.05) is 13.8 Å². The van der Waals surface area contributed by atoms with Crippen molar-refractivity contribution in [3.05, 3.63) is 0 Å². The largest absolute Gasteiger partial charge is 0.469 e. The SMILES string of the molecule is CCS(=O)(=O)CCCS(=O)CC(C)C(=O)OC. The number of ether oxygens (including phenoxy) is 1. The van der Waals surface area contributed by atoms with Crippen LogP contribution >= 0.6 is 0 Å². The highest BCUT2D eigenvalue weighted by atomic mass is 32.2. The fraction of sp³-hybridized carbons (Fsp3) is 0.900. The van der Waals surface area contributed by atoms with E-state index in [1.165, 1.54) is 7.11 Å². The Morgan fingerprint density at radius 1 is 1.41 bits per heavy atom. The highest BCUT2D eigenvalue weighted by Crippen LogP contribution is 2.03. The van der Waals surface area contributed by atoms with E-state index in [0.29, 0.717) is 12.2 Å². The van der Waals surface area contributed by atoms with Crippen LogP contribution in [0.25, 0.3) is 0 Å². The summed E-state index contributed by atoms with van der Waals surface area (Å²) in [5.41, 5.74) is 0. The summed E-state index contributed by atoms with van der Waals surface area (Å²) in [6.07, 6.45) is 0.372. The number of sulfone groups is 1. The van der Waals surface area contributed by atoms with Crippen molar-refractivity contribution in [2.75, 3.05) is 30.1 Å². The predicted molar refractivity (Wildman–Crippen MR) is 68.0 cm³/mol. The Morgan fingerprint density at radius 3 is 2.47 bits per heavy atom. The number of carbonyl (C=O) groups is 1. The van der Waals surface area contributed by atoms with Crippen LogP contribution in [0.1, 0.15) is 20.3 Å². The topological polar surface area (TPSA) is 77.5 Å². The molecule has 0 spiro atoms. The second-order valence-corrected chi connectivity index (χ2v) is 7.92. The molecule has 17 heavy (non-hydrogen) atoms. The lowest BCUT2D eigenvalue weighted by atomic mass is 10.2. The van der Waals surface area contributed by atoms with E-state index >= 15 is 0 Å². The molecule has 0 heterocycles. The molecule has 5 nitrogen and oxygen atoms in total. The molecule has 0 amide bonds. The van der Waals surface area contributed by atoms with Crippen LogP contribution in [0.2, 0.25) is 0 Å². The molecule has 0 aliphatic heterocycles. The molecule has 0 bridgehead atoms. The van der Waals surface area contributed by atoms with Crippen molar-refractivity contribution in [2.24, 2.45) is 5.92 Å². The Balaban J connectivity index is 3.93. The molecule has 0 fully saturated rings. The van der Waals surface area contributed by atoms with Crippen molar-refractivity contribution in [2.45, 2.75) is 20.3 Å². The standard InChI is InChI=1S/C10H20O5S2/c1-4-17(13,14)7-5-6-16(12)8-9(2)10(11)15-3/h9H,4-8H2,1-3H3. The molecule has 0 aromatic rings. The van der Waals surface area contributed by atoms with Gasteiger partial charge in [-0.3, -0.25) is 9.00 Å². The first kappa shape index (κ1) is 16.6. The minimum atomic E-state index is -2.99. The second kappa shape index (κ2) is 7.81. The Hall–Kier alpha value is -0.430. The predicted octanol–water partition coefficient (Wildman–Crippen LogP) is 0.369. The van der Waals surface area contributed by atoms with Gasteiger partial charge in [0, 0.05) is 28.1 Å². The zero-order valence-corrected chi connectivity index (χ0v) is 12.1. The summed E-state index contributed by atoms with van der Waals surface area (Å²) in [4.78, 5) is 11.1. The van der Waals surface area contributed by atoms with Crippen LogP contribution in [0.4, 0.5) is 0 Å². The molecule has 0 saturated heterocycles. The van der Waals surface area contributed by atoms with Gasteiger partial charge in [-0.2, -0.15) is 0 Å². The Morgan fingerprint density at radius 2 is 2.00 bits per heavy atom. The van der Waals surface area contributed by atoms with Gasteiger partial charge in [-0.05, 0) is 6.42 Å². The summed E-state index contributed by atoms with van der Waals surface area (Å²) < 4.78 is 38.4. The molecule has 0 aromatic carbocycles. The van der Waals surface area contributed by atoms with Gasteiger partial charge in [0.25, 0.3) is 0 Å². The summed E-state index contributed by atoms with van der Waals surface area (Å²) in [7, 11) is -2.88. The molecule has 0 aliphatic rings. The molecule has 0 radical (unpaired) electrons. The lowest BCUT2D eigenvalue weighted by molar-refractivity contribution is -0.144. The van der Waals surface area contributed by atoms with Crippen LogP contribution < -0.4 is 0 Å². The summed E-state index contributed by atoms with van der Waals surface area (Å²) in [5.74, 6) is -0.109. The third kappa shape index (κ3) is 7.49. The maximum Gasteiger partial charge on any atom is 0.309 e. The fourth-order valence-electron chi connectivity index (χ4n) is 1.22. The maximum absolute atomic E-state index is 11.6. The van der Waals surface area contributed by atoms with Gasteiger partial charge in [0.15, 0.2) is 0 Å². The molecule has 102 valence electrons. The monoisotopic (exact) mass is 284 g/mol. The average molecular weight is 284 g/mol. The van der Waals surface area contributed by atoms with Crippen LogP contribution in [-0.4, -0.2) is 48.7 Å². The molecule has 7 heteroatoms. The summed E-state index contributed by atoms with van der Waals surface area (Å²) in [6, 6.07) is 0. The van der Waals surface area contributed by atoms with Crippen molar-refractivity contribution in [1.29, 1.82) is 0 Å². The van der Waals surface area contributed by atoms with Gasteiger partial charge in [0.2, 0.25) is 0 Å². The lowest BCUT2D eigenvalue weighted by Crippen LogP contribution is -2.21. The molecule has 0 aliphatic carbocycles. The van der Waals surface area contributed by atoms with E-state index in [9.17, 15) is 17.4 Å². The van der Waals surface area contributed by atoms with Crippen molar-refractivity contribution < 1.29 is 22.2 Å². The maximum atomic E-state index is 11.6. The summed E-state index contributed by atoms with van der Waals surface area (Å²) in [5, 5.41) is 0. The van der Waals surface area contributed by atoms with Crippen LogP contribution in [-0.2, 0) is 30.2 Å². The Bertz CT molecular complexity index is 361. The number of hydrogen-bond donors (Lipinski definition) is 0. The Kier molecular flexibility index (Phi) is 7.61. The van der Waals surface area contributed by atoms with Gasteiger partial charge in [0.1, 0.15) is 9.84 Å². The quantitative estimate of drug-likeness (QED) is 0.602. The molecule has 2 atom stereocenters. The van der Waals surface area contributed by atoms with Gasteiger partial charge in [-0.15, -0.1) is 0 Å². The normalized spacial score (nSPS) is 15.2. The van der Waals surface area contributed by atoms with E-state index in [1.54, 1.807) is 13.8 Å². The molecule has 0 rings (SSSR count). The van der Waals surface area contributed by atoms with Crippen molar-refractivity contribution in [3.8, 4) is 0 Å². The van der Waals surface area contributed by atoms with Gasteiger partial charge >= 0.3 is 5.97 Å². The minimum absolute atomic E-state index is 0.0574. The third-order valence-electron chi connectivity index (χ3n) is 2.31. The number of esters is 1. The first-order valence-electron chi connectivity index (χ1n) is 5.45. The number of methoxy groups -OCH3 is 1. The second-order valence-electron chi connectivity index (χ2n) is 3.82. The van der Waals surface area contributed by atoms with Gasteiger partial charge in [0.05, 0.1) is 18.8 Å². The van der Waals surface area contributed by atoms with E-state index in [2.05, 4.69) is 4.74 Å². The van der Waals surface area contributed by atoms with Crippen molar-refractivity contribution in [1.82, 2.24) is 0 Å². The number of carbonyl (C=O) groups excluding carboxylic acids is 1. The molecule has 2 unspecified atom stereocenters. The van der Waals surface area contributed by atoms with Crippen LogP contribution in [0.5, 0.6) is 0 Å². The van der Waals surface area contributed by atoms with Crippen LogP contribution in [0.15, 0.2) is 0 Å². The molecule has 0 saturated carbocycles. The third-order valence-corrected chi connectivity index (χ3v) is 5.71. The van der Waals surface area contributed by atoms with E-state index in [0.717, 1.165) is 0 Å². The van der Waals surface area contributed by atoms with E-state index in [1.807, 2.05) is 0 Å². The van der Waals surface area contributed by atoms with Crippen molar-refractivity contribution >= 4 is 26.6 Å². The van der Waals surface area contributed by atoms with Gasteiger partial charge < -0.3 is 4.74 Å². The van der Waals surface area contributed by atoms with Crippen molar-refractivity contribution in [3.63, 3.8) is 0 Å². The molecular weight excluding hydrogens is 264 g/mol. The summed E-state index contributed by atoms with van der Waals surface area (Å²) in [6.45, 7) is 3.23. The molecule has 0 aromatic heterocycles. The Labute approximate surface area is 105 Å². The minimum Gasteiger partial charge on any atom is -0.469 e. The van der Waals surface area contributed by atoms with Crippen LogP contribution in [0.3, 0.4) is 0 Å². The van der Waals surface area contributed by atoms with E-state index in [4.69, 9.17) is 0 Å². The summed E-state index contributed by atoms with van der Waals surface area (Å²) >= 11 is 0. The first-order valence-corrected chi connectivity index (χ1v) is 8.76. The fourth-order valence-corrected chi connectivity index (χ4v) is 3.60. The first-order chi connectivity index (χ1) is 7.82. The van der Waals surface area contributed by atoms with Crippen LogP contribution in [0, 0.1) is 5.92 Å². The molecule has 0 N–H and O–H groups in total. The van der Waals surface area contributed by atoms with E-state index in [-0.39, 0.29) is 23.2 Å².